The maximum absolute atomic E-state index is 13.0. The van der Waals surface area contributed by atoms with Gasteiger partial charge < -0.3 is 19.6 Å². The number of carbonyl (C=O) groups is 3. The third-order valence-electron chi connectivity index (χ3n) is 6.67. The number of carbonyl (C=O) groups excluding carboxylic acids is 2. The highest BCUT2D eigenvalue weighted by Crippen LogP contribution is 2.35. The number of hydrogen-bond acceptors (Lipinski definition) is 4. The van der Waals surface area contributed by atoms with Gasteiger partial charge >= 0.3 is 12.0 Å². The first-order valence-corrected chi connectivity index (χ1v) is 13.0. The molecule has 3 aromatic rings. The lowest BCUT2D eigenvalue weighted by Gasteiger charge is -2.38. The molecule has 0 fully saturated rings. The molecule has 1 aliphatic heterocycles. The number of carboxylic acid groups (broad SMARTS) is 1. The smallest absolute Gasteiger partial charge is 0.344 e. The Hall–Kier alpha value is -4.17. The summed E-state index contributed by atoms with van der Waals surface area (Å²) >= 11 is 6.17. The highest BCUT2D eigenvalue weighted by Gasteiger charge is 2.42. The molecule has 1 aliphatic rings. The van der Waals surface area contributed by atoms with E-state index in [-0.39, 0.29) is 18.2 Å². The Morgan fingerprint density at radius 2 is 1.67 bits per heavy atom. The first-order valence-electron chi connectivity index (χ1n) is 12.6. The van der Waals surface area contributed by atoms with E-state index in [1.54, 1.807) is 67.4 Å². The third-order valence-corrected chi connectivity index (χ3v) is 6.91. The van der Waals surface area contributed by atoms with Crippen LogP contribution in [-0.2, 0) is 4.79 Å². The maximum atomic E-state index is 13.0. The fourth-order valence-electron chi connectivity index (χ4n) is 4.63. The molecular formula is C30H30ClN3O5. The zero-order valence-corrected chi connectivity index (χ0v) is 22.8. The van der Waals surface area contributed by atoms with Gasteiger partial charge in [-0.05, 0) is 74.4 Å². The number of ether oxygens (including phenoxy) is 1. The SMILES string of the molecule is CC1=NC(=O)N(CCCN(C)C(=O)c2ccc(Oc3ccc(C)cc3)cc2)C(c2cccc(Cl)c2)C1C(=O)O. The van der Waals surface area contributed by atoms with Gasteiger partial charge in [-0.2, -0.15) is 0 Å². The second-order valence-corrected chi connectivity index (χ2v) is 10.0. The molecular weight excluding hydrogens is 518 g/mol. The topological polar surface area (TPSA) is 99.5 Å². The van der Waals surface area contributed by atoms with Crippen molar-refractivity contribution in [1.82, 2.24) is 9.80 Å². The number of amides is 3. The number of urea groups is 1. The molecule has 0 saturated heterocycles. The summed E-state index contributed by atoms with van der Waals surface area (Å²) in [5.74, 6) is -0.908. The minimum Gasteiger partial charge on any atom is -0.481 e. The summed E-state index contributed by atoms with van der Waals surface area (Å²) in [4.78, 5) is 45.0. The molecule has 0 aromatic heterocycles. The van der Waals surface area contributed by atoms with Crippen molar-refractivity contribution in [1.29, 1.82) is 0 Å². The molecule has 2 unspecified atom stereocenters. The quantitative estimate of drug-likeness (QED) is 0.342. The van der Waals surface area contributed by atoms with Crippen molar-refractivity contribution in [2.45, 2.75) is 26.3 Å². The van der Waals surface area contributed by atoms with Crippen molar-refractivity contribution in [2.24, 2.45) is 10.9 Å². The van der Waals surface area contributed by atoms with Gasteiger partial charge in [0.1, 0.15) is 17.4 Å². The molecule has 9 heteroatoms. The van der Waals surface area contributed by atoms with Crippen LogP contribution in [0.15, 0.2) is 77.8 Å². The van der Waals surface area contributed by atoms with Gasteiger partial charge in [0, 0.05) is 36.4 Å². The number of hydrogen-bond donors (Lipinski definition) is 1. The van der Waals surface area contributed by atoms with E-state index in [9.17, 15) is 19.5 Å². The summed E-state index contributed by atoms with van der Waals surface area (Å²) in [5, 5.41) is 10.4. The van der Waals surface area contributed by atoms with Crippen molar-refractivity contribution in [3.8, 4) is 11.5 Å². The predicted molar refractivity (Wildman–Crippen MR) is 150 cm³/mol. The van der Waals surface area contributed by atoms with Crippen molar-refractivity contribution in [3.05, 3.63) is 94.5 Å². The number of nitrogens with zero attached hydrogens (tertiary/aromatic N) is 3. The molecule has 8 nitrogen and oxygen atoms in total. The van der Waals surface area contributed by atoms with E-state index < -0.39 is 24.0 Å². The van der Waals surface area contributed by atoms with Gasteiger partial charge in [0.25, 0.3) is 5.91 Å². The van der Waals surface area contributed by atoms with E-state index in [2.05, 4.69) is 4.99 Å². The molecule has 1 N–H and O–H groups in total. The number of aliphatic imine (C=N–C) groups is 1. The van der Waals surface area contributed by atoms with Gasteiger partial charge in [-0.1, -0.05) is 41.4 Å². The molecule has 0 spiro atoms. The van der Waals surface area contributed by atoms with E-state index in [0.29, 0.717) is 40.6 Å². The molecule has 2 atom stereocenters. The van der Waals surface area contributed by atoms with Crippen LogP contribution < -0.4 is 4.74 Å². The van der Waals surface area contributed by atoms with Gasteiger partial charge in [-0.25, -0.2) is 9.79 Å². The van der Waals surface area contributed by atoms with E-state index >= 15 is 0 Å². The zero-order chi connectivity index (χ0) is 28.1. The molecule has 0 radical (unpaired) electrons. The van der Waals surface area contributed by atoms with Crippen LogP contribution in [0.1, 0.15) is 40.9 Å². The van der Waals surface area contributed by atoms with Gasteiger partial charge in [0.2, 0.25) is 0 Å². The van der Waals surface area contributed by atoms with Crippen molar-refractivity contribution < 1.29 is 24.2 Å². The lowest BCUT2D eigenvalue weighted by molar-refractivity contribution is -0.141. The number of aryl methyl sites for hydroxylation is 1. The largest absolute Gasteiger partial charge is 0.481 e. The number of rotatable bonds is 9. The molecule has 4 rings (SSSR count). The van der Waals surface area contributed by atoms with E-state index in [1.807, 2.05) is 31.2 Å². The minimum absolute atomic E-state index is 0.175. The lowest BCUT2D eigenvalue weighted by Crippen LogP contribution is -2.47. The van der Waals surface area contributed by atoms with Crippen LogP contribution >= 0.6 is 11.6 Å². The number of halogens is 1. The average Bonchev–Trinajstić information content (AvgIpc) is 2.90. The van der Waals surface area contributed by atoms with Crippen LogP contribution in [0.25, 0.3) is 0 Å². The second kappa shape index (κ2) is 12.1. The number of aliphatic carboxylic acids is 1. The zero-order valence-electron chi connectivity index (χ0n) is 22.0. The average molecular weight is 548 g/mol. The van der Waals surface area contributed by atoms with Crippen molar-refractivity contribution in [3.63, 3.8) is 0 Å². The van der Waals surface area contributed by atoms with E-state index in [4.69, 9.17) is 16.3 Å². The summed E-state index contributed by atoms with van der Waals surface area (Å²) in [5.41, 5.74) is 2.51. The molecule has 202 valence electrons. The fraction of sp³-hybridized carbons (Fsp3) is 0.267. The molecule has 0 bridgehead atoms. The Bertz CT molecular complexity index is 1390. The number of carboxylic acids is 1. The highest BCUT2D eigenvalue weighted by atomic mass is 35.5. The molecule has 1 heterocycles. The van der Waals surface area contributed by atoms with Crippen LogP contribution in [0.4, 0.5) is 4.79 Å². The summed E-state index contributed by atoms with van der Waals surface area (Å²) in [7, 11) is 1.69. The van der Waals surface area contributed by atoms with Crippen LogP contribution in [0.2, 0.25) is 5.02 Å². The molecule has 0 saturated carbocycles. The Morgan fingerprint density at radius 3 is 2.28 bits per heavy atom. The van der Waals surface area contributed by atoms with Crippen LogP contribution in [0.5, 0.6) is 11.5 Å². The standard InChI is InChI=1S/C30H30ClN3O5/c1-19-8-12-24(13-9-19)39-25-14-10-21(11-15-25)28(35)33(3)16-5-17-34-27(22-6-4-7-23(31)18-22)26(29(36)37)20(2)32-30(34)38/h4,6-15,18,26-27H,5,16-17H2,1-3H3,(H,36,37). The Labute approximate surface area is 232 Å². The van der Waals surface area contributed by atoms with Crippen LogP contribution in [0, 0.1) is 12.8 Å². The van der Waals surface area contributed by atoms with E-state index in [1.165, 1.54) is 4.90 Å². The predicted octanol–water partition coefficient (Wildman–Crippen LogP) is 6.24. The first kappa shape index (κ1) is 27.9. The first-order chi connectivity index (χ1) is 18.6. The molecule has 3 amide bonds. The van der Waals surface area contributed by atoms with Crippen LogP contribution in [0.3, 0.4) is 0 Å². The molecule has 3 aromatic carbocycles. The summed E-state index contributed by atoms with van der Waals surface area (Å²) in [6.07, 6.45) is 0.431. The van der Waals surface area contributed by atoms with E-state index in [0.717, 1.165) is 5.56 Å². The van der Waals surface area contributed by atoms with Gasteiger partial charge in [-0.3, -0.25) is 9.59 Å². The Kier molecular flexibility index (Phi) is 8.66. The van der Waals surface area contributed by atoms with Gasteiger partial charge in [0.15, 0.2) is 0 Å². The highest BCUT2D eigenvalue weighted by molar-refractivity contribution is 6.30. The normalized spacial score (nSPS) is 17.0. The monoisotopic (exact) mass is 547 g/mol. The second-order valence-electron chi connectivity index (χ2n) is 9.56. The summed E-state index contributed by atoms with van der Waals surface area (Å²) in [6.45, 7) is 4.13. The van der Waals surface area contributed by atoms with Crippen LogP contribution in [-0.4, -0.2) is 58.7 Å². The molecule has 39 heavy (non-hydrogen) atoms. The summed E-state index contributed by atoms with van der Waals surface area (Å²) in [6, 6.07) is 20.2. The minimum atomic E-state index is -1.07. The Morgan fingerprint density at radius 1 is 1.03 bits per heavy atom. The fourth-order valence-corrected chi connectivity index (χ4v) is 4.83. The van der Waals surface area contributed by atoms with Gasteiger partial charge in [-0.15, -0.1) is 0 Å². The van der Waals surface area contributed by atoms with Crippen molar-refractivity contribution >= 4 is 35.2 Å². The third kappa shape index (κ3) is 6.64. The number of benzene rings is 3. The Balaban J connectivity index is 1.40. The maximum Gasteiger partial charge on any atom is 0.344 e. The lowest BCUT2D eigenvalue weighted by atomic mass is 9.87. The van der Waals surface area contributed by atoms with Gasteiger partial charge in [0.05, 0.1) is 6.04 Å². The summed E-state index contributed by atoms with van der Waals surface area (Å²) < 4.78 is 5.83. The molecule has 0 aliphatic carbocycles. The van der Waals surface area contributed by atoms with Crippen molar-refractivity contribution in [2.75, 3.05) is 20.1 Å².